The number of aromatic nitrogens is 1. The van der Waals surface area contributed by atoms with Crippen molar-refractivity contribution in [3.8, 4) is 11.8 Å². The van der Waals surface area contributed by atoms with Gasteiger partial charge in [-0.15, -0.1) is 0 Å². The first-order valence-corrected chi connectivity index (χ1v) is 8.30. The van der Waals surface area contributed by atoms with Crippen molar-refractivity contribution < 1.29 is 4.74 Å². The number of hydrogen-bond donors (Lipinski definition) is 0. The van der Waals surface area contributed by atoms with E-state index in [0.717, 1.165) is 47.2 Å². The first-order valence-electron chi connectivity index (χ1n) is 8.30. The molecule has 0 N–H and O–H groups in total. The first-order chi connectivity index (χ1) is 11.8. The van der Waals surface area contributed by atoms with Crippen LogP contribution in [0.25, 0.3) is 10.9 Å². The van der Waals surface area contributed by atoms with Gasteiger partial charge in [0.05, 0.1) is 17.1 Å². The summed E-state index contributed by atoms with van der Waals surface area (Å²) in [6.45, 7) is 2.66. The molecular formula is C21H20N2O. The van der Waals surface area contributed by atoms with Crippen molar-refractivity contribution in [1.82, 2.24) is 4.98 Å². The molecule has 3 rings (SSSR count). The fraction of sp³-hybridized carbons (Fsp3) is 0.238. The third-order valence-corrected chi connectivity index (χ3v) is 4.00. The molecule has 0 bridgehead atoms. The molecule has 0 aliphatic heterocycles. The number of pyridine rings is 1. The number of nitriles is 1. The minimum Gasteiger partial charge on any atom is -0.488 e. The van der Waals surface area contributed by atoms with Crippen molar-refractivity contribution in [2.24, 2.45) is 0 Å². The Morgan fingerprint density at radius 2 is 1.88 bits per heavy atom. The van der Waals surface area contributed by atoms with Crippen LogP contribution in [0.5, 0.6) is 5.75 Å². The van der Waals surface area contributed by atoms with Crippen LogP contribution in [0.2, 0.25) is 0 Å². The van der Waals surface area contributed by atoms with Crippen LogP contribution in [0, 0.1) is 11.3 Å². The summed E-state index contributed by atoms with van der Waals surface area (Å²) in [4.78, 5) is 4.74. The SMILES string of the molecule is CCCCc1cc(OCc2ccc(C#N)cc2)c2ccccc2n1. The third kappa shape index (κ3) is 3.72. The van der Waals surface area contributed by atoms with Gasteiger partial charge < -0.3 is 4.74 Å². The second-order valence-electron chi connectivity index (χ2n) is 5.83. The molecule has 2 aromatic carbocycles. The van der Waals surface area contributed by atoms with E-state index in [-0.39, 0.29) is 0 Å². The average Bonchev–Trinajstić information content (AvgIpc) is 2.64. The molecular weight excluding hydrogens is 296 g/mol. The van der Waals surface area contributed by atoms with Crippen LogP contribution >= 0.6 is 0 Å². The summed E-state index contributed by atoms with van der Waals surface area (Å²) in [6.07, 6.45) is 3.24. The Hall–Kier alpha value is -2.86. The summed E-state index contributed by atoms with van der Waals surface area (Å²) in [5.74, 6) is 0.871. The van der Waals surface area contributed by atoms with E-state index in [2.05, 4.69) is 19.1 Å². The number of fused-ring (bicyclic) bond motifs is 1. The average molecular weight is 316 g/mol. The summed E-state index contributed by atoms with van der Waals surface area (Å²) >= 11 is 0. The van der Waals surface area contributed by atoms with Gasteiger partial charge in [-0.25, -0.2) is 0 Å². The Morgan fingerprint density at radius 1 is 1.08 bits per heavy atom. The van der Waals surface area contributed by atoms with Crippen molar-refractivity contribution in [3.05, 3.63) is 71.4 Å². The minimum absolute atomic E-state index is 0.479. The highest BCUT2D eigenvalue weighted by Crippen LogP contribution is 2.27. The quantitative estimate of drug-likeness (QED) is 0.641. The van der Waals surface area contributed by atoms with Gasteiger partial charge in [-0.05, 0) is 42.7 Å². The van der Waals surface area contributed by atoms with Crippen molar-refractivity contribution in [2.45, 2.75) is 32.8 Å². The highest BCUT2D eigenvalue weighted by Gasteiger charge is 2.07. The van der Waals surface area contributed by atoms with E-state index in [0.29, 0.717) is 12.2 Å². The molecule has 120 valence electrons. The van der Waals surface area contributed by atoms with Crippen molar-refractivity contribution in [1.29, 1.82) is 5.26 Å². The van der Waals surface area contributed by atoms with E-state index in [1.807, 2.05) is 48.5 Å². The number of benzene rings is 2. The lowest BCUT2D eigenvalue weighted by atomic mass is 10.1. The van der Waals surface area contributed by atoms with Crippen molar-refractivity contribution in [3.63, 3.8) is 0 Å². The normalized spacial score (nSPS) is 10.5. The molecule has 1 aromatic heterocycles. The molecule has 3 nitrogen and oxygen atoms in total. The molecule has 0 aliphatic rings. The van der Waals surface area contributed by atoms with Crippen LogP contribution in [0.3, 0.4) is 0 Å². The van der Waals surface area contributed by atoms with Gasteiger partial charge in [0.25, 0.3) is 0 Å². The van der Waals surface area contributed by atoms with Gasteiger partial charge in [0.15, 0.2) is 0 Å². The second-order valence-corrected chi connectivity index (χ2v) is 5.83. The number of para-hydroxylation sites is 1. The van der Waals surface area contributed by atoms with E-state index in [9.17, 15) is 0 Å². The Kier molecular flexibility index (Phi) is 5.08. The summed E-state index contributed by atoms with van der Waals surface area (Å²) in [5.41, 5.74) is 3.76. The Labute approximate surface area is 142 Å². The summed E-state index contributed by atoms with van der Waals surface area (Å²) in [6, 6.07) is 19.8. The molecule has 0 unspecified atom stereocenters. The Morgan fingerprint density at radius 3 is 2.62 bits per heavy atom. The van der Waals surface area contributed by atoms with Crippen LogP contribution in [0.4, 0.5) is 0 Å². The monoisotopic (exact) mass is 316 g/mol. The predicted octanol–water partition coefficient (Wildman–Crippen LogP) is 5.03. The molecule has 3 heteroatoms. The molecule has 0 aliphatic carbocycles. The molecule has 0 spiro atoms. The number of ether oxygens (including phenoxy) is 1. The van der Waals surface area contributed by atoms with E-state index >= 15 is 0 Å². The Bertz CT molecular complexity index is 863. The van der Waals surface area contributed by atoms with Crippen LogP contribution in [-0.2, 0) is 13.0 Å². The van der Waals surface area contributed by atoms with E-state index < -0.39 is 0 Å². The van der Waals surface area contributed by atoms with Gasteiger partial charge in [0, 0.05) is 17.1 Å². The minimum atomic E-state index is 0.479. The molecule has 0 radical (unpaired) electrons. The molecule has 3 aromatic rings. The van der Waals surface area contributed by atoms with Crippen LogP contribution < -0.4 is 4.74 Å². The zero-order valence-electron chi connectivity index (χ0n) is 13.8. The topological polar surface area (TPSA) is 45.9 Å². The lowest BCUT2D eigenvalue weighted by molar-refractivity contribution is 0.309. The highest BCUT2D eigenvalue weighted by molar-refractivity contribution is 5.85. The standard InChI is InChI=1S/C21H20N2O/c1-2-3-6-18-13-21(19-7-4-5-8-20(19)23-18)24-15-17-11-9-16(14-22)10-12-17/h4-5,7-13H,2-3,6,15H2,1H3. The van der Waals surface area contributed by atoms with Gasteiger partial charge in [-0.1, -0.05) is 37.6 Å². The number of unbranched alkanes of at least 4 members (excludes halogenated alkanes) is 1. The fourth-order valence-corrected chi connectivity index (χ4v) is 2.64. The van der Waals surface area contributed by atoms with E-state index in [1.165, 1.54) is 0 Å². The van der Waals surface area contributed by atoms with Crippen molar-refractivity contribution >= 4 is 10.9 Å². The lowest BCUT2D eigenvalue weighted by Gasteiger charge is -2.11. The fourth-order valence-electron chi connectivity index (χ4n) is 2.64. The van der Waals surface area contributed by atoms with Gasteiger partial charge >= 0.3 is 0 Å². The number of hydrogen-bond acceptors (Lipinski definition) is 3. The number of aryl methyl sites for hydroxylation is 1. The van der Waals surface area contributed by atoms with Crippen LogP contribution in [-0.4, -0.2) is 4.98 Å². The molecule has 0 saturated heterocycles. The van der Waals surface area contributed by atoms with Gasteiger partial charge in [0.2, 0.25) is 0 Å². The summed E-state index contributed by atoms with van der Waals surface area (Å²) in [5, 5.41) is 9.90. The highest BCUT2D eigenvalue weighted by atomic mass is 16.5. The zero-order chi connectivity index (χ0) is 16.8. The third-order valence-electron chi connectivity index (χ3n) is 4.00. The predicted molar refractivity (Wildman–Crippen MR) is 95.8 cm³/mol. The number of nitrogens with zero attached hydrogens (tertiary/aromatic N) is 2. The Balaban J connectivity index is 1.85. The largest absolute Gasteiger partial charge is 0.488 e. The van der Waals surface area contributed by atoms with Crippen LogP contribution in [0.15, 0.2) is 54.6 Å². The number of rotatable bonds is 6. The lowest BCUT2D eigenvalue weighted by Crippen LogP contribution is -1.99. The second kappa shape index (κ2) is 7.61. The molecule has 0 amide bonds. The zero-order valence-corrected chi connectivity index (χ0v) is 13.8. The van der Waals surface area contributed by atoms with Gasteiger partial charge in [-0.3, -0.25) is 4.98 Å². The van der Waals surface area contributed by atoms with Gasteiger partial charge in [-0.2, -0.15) is 5.26 Å². The maximum absolute atomic E-state index is 8.87. The van der Waals surface area contributed by atoms with E-state index in [1.54, 1.807) is 0 Å². The van der Waals surface area contributed by atoms with Crippen LogP contribution in [0.1, 0.15) is 36.6 Å². The van der Waals surface area contributed by atoms with Gasteiger partial charge in [0.1, 0.15) is 12.4 Å². The molecule has 1 heterocycles. The smallest absolute Gasteiger partial charge is 0.131 e. The first kappa shape index (κ1) is 16.0. The van der Waals surface area contributed by atoms with E-state index in [4.69, 9.17) is 15.0 Å². The maximum Gasteiger partial charge on any atom is 0.131 e. The summed E-state index contributed by atoms with van der Waals surface area (Å²) in [7, 11) is 0. The molecule has 0 saturated carbocycles. The maximum atomic E-state index is 8.87. The summed E-state index contributed by atoms with van der Waals surface area (Å²) < 4.78 is 6.08. The molecule has 24 heavy (non-hydrogen) atoms. The molecule has 0 fully saturated rings. The molecule has 0 atom stereocenters. The van der Waals surface area contributed by atoms with Crippen molar-refractivity contribution in [2.75, 3.05) is 0 Å².